The monoisotopic (exact) mass is 717 g/mol. The summed E-state index contributed by atoms with van der Waals surface area (Å²) in [4.78, 5) is 2.42. The van der Waals surface area contributed by atoms with Gasteiger partial charge in [-0.25, -0.2) is 0 Å². The number of allylic oxidation sites excluding steroid dienone is 7. The number of benzene rings is 7. The second kappa shape index (κ2) is 14.2. The van der Waals surface area contributed by atoms with E-state index >= 15 is 0 Å². The van der Waals surface area contributed by atoms with Gasteiger partial charge in [-0.1, -0.05) is 176 Å². The summed E-state index contributed by atoms with van der Waals surface area (Å²) in [6.07, 6.45) is 16.7. The van der Waals surface area contributed by atoms with Crippen molar-refractivity contribution in [3.8, 4) is 11.1 Å². The minimum Gasteiger partial charge on any atom is -0.456 e. The summed E-state index contributed by atoms with van der Waals surface area (Å²) in [6.45, 7) is 4.52. The molecule has 0 fully saturated rings. The quantitative estimate of drug-likeness (QED) is 0.146. The van der Waals surface area contributed by atoms with Gasteiger partial charge in [0.2, 0.25) is 0 Å². The van der Waals surface area contributed by atoms with E-state index in [1.807, 2.05) is 6.08 Å². The van der Waals surface area contributed by atoms with Crippen LogP contribution in [0.25, 0.3) is 61.6 Å². The third kappa shape index (κ3) is 5.93. The first-order chi connectivity index (χ1) is 27.7. The Morgan fingerprint density at radius 1 is 0.661 bits per heavy atom. The number of fused-ring (bicyclic) bond motifs is 7. The predicted molar refractivity (Wildman–Crippen MR) is 237 cm³/mol. The highest BCUT2D eigenvalue weighted by molar-refractivity contribution is 6.16. The molecule has 1 atom stereocenters. The Balaban J connectivity index is 1.23. The normalized spacial score (nSPS) is 15.3. The molecule has 2 heteroatoms. The average molecular weight is 718 g/mol. The van der Waals surface area contributed by atoms with Crippen LogP contribution in [0.1, 0.15) is 34.6 Å². The second-order valence-electron chi connectivity index (χ2n) is 14.5. The Morgan fingerprint density at radius 2 is 1.38 bits per heavy atom. The van der Waals surface area contributed by atoms with Gasteiger partial charge in [-0.15, -0.1) is 0 Å². The van der Waals surface area contributed by atoms with Gasteiger partial charge >= 0.3 is 0 Å². The summed E-state index contributed by atoms with van der Waals surface area (Å²) in [7, 11) is 0. The summed E-state index contributed by atoms with van der Waals surface area (Å²) >= 11 is 0. The lowest BCUT2D eigenvalue weighted by molar-refractivity contribution is 0.669. The zero-order chi connectivity index (χ0) is 37.4. The van der Waals surface area contributed by atoms with E-state index in [4.69, 9.17) is 4.42 Å². The van der Waals surface area contributed by atoms with Crippen molar-refractivity contribution in [1.82, 2.24) is 0 Å². The lowest BCUT2D eigenvalue weighted by Crippen LogP contribution is -2.24. The highest BCUT2D eigenvalue weighted by Crippen LogP contribution is 2.46. The lowest BCUT2D eigenvalue weighted by atomic mass is 9.78. The largest absolute Gasteiger partial charge is 0.456 e. The van der Waals surface area contributed by atoms with Crippen LogP contribution in [0.3, 0.4) is 0 Å². The SMILES string of the molecule is C=C/C(=C(\C=C\c1ccccc1)c1ccccc1)N(C1=CCC2C(=C1)C=Cc1ccccc12)c1ccccc1-c1cccc2oc3cc4ccccc4cc3c12. The smallest absolute Gasteiger partial charge is 0.136 e. The summed E-state index contributed by atoms with van der Waals surface area (Å²) in [5, 5.41) is 4.58. The average Bonchev–Trinajstić information content (AvgIpc) is 3.63. The van der Waals surface area contributed by atoms with Gasteiger partial charge in [0.15, 0.2) is 0 Å². The summed E-state index contributed by atoms with van der Waals surface area (Å²) in [5.74, 6) is 0.306. The summed E-state index contributed by atoms with van der Waals surface area (Å²) in [5.41, 5.74) is 14.5. The van der Waals surface area contributed by atoms with Gasteiger partial charge in [0, 0.05) is 33.5 Å². The molecule has 2 nitrogen and oxygen atoms in total. The molecule has 0 amide bonds. The van der Waals surface area contributed by atoms with Gasteiger partial charge in [0.25, 0.3) is 0 Å². The van der Waals surface area contributed by atoms with Crippen LogP contribution in [0.4, 0.5) is 5.69 Å². The van der Waals surface area contributed by atoms with Crippen molar-refractivity contribution in [3.05, 3.63) is 240 Å². The predicted octanol–water partition coefficient (Wildman–Crippen LogP) is 14.5. The number of para-hydroxylation sites is 1. The molecule has 56 heavy (non-hydrogen) atoms. The molecule has 0 aliphatic heterocycles. The first-order valence-corrected chi connectivity index (χ1v) is 19.3. The van der Waals surface area contributed by atoms with Crippen LogP contribution >= 0.6 is 0 Å². The second-order valence-corrected chi connectivity index (χ2v) is 14.5. The van der Waals surface area contributed by atoms with Gasteiger partial charge in [0.1, 0.15) is 11.2 Å². The Morgan fingerprint density at radius 3 is 2.21 bits per heavy atom. The van der Waals surface area contributed by atoms with Crippen LogP contribution < -0.4 is 4.90 Å². The van der Waals surface area contributed by atoms with Gasteiger partial charge in [-0.2, -0.15) is 0 Å². The molecule has 10 rings (SSSR count). The number of anilines is 1. The molecule has 0 saturated heterocycles. The Bertz CT molecular complexity index is 2950. The van der Waals surface area contributed by atoms with E-state index in [0.717, 1.165) is 73.3 Å². The maximum atomic E-state index is 6.59. The van der Waals surface area contributed by atoms with Crippen molar-refractivity contribution < 1.29 is 4.42 Å². The Hall–Kier alpha value is -7.16. The highest BCUT2D eigenvalue weighted by atomic mass is 16.3. The van der Waals surface area contributed by atoms with E-state index in [0.29, 0.717) is 5.92 Å². The molecule has 0 saturated carbocycles. The van der Waals surface area contributed by atoms with Crippen molar-refractivity contribution in [2.24, 2.45) is 0 Å². The third-order valence-corrected chi connectivity index (χ3v) is 11.2. The number of hydrogen-bond donors (Lipinski definition) is 0. The fraction of sp³-hybridized carbons (Fsp3) is 0.0370. The molecule has 2 aliphatic carbocycles. The van der Waals surface area contributed by atoms with E-state index in [-0.39, 0.29) is 0 Å². The summed E-state index contributed by atoms with van der Waals surface area (Å²) in [6, 6.07) is 58.1. The van der Waals surface area contributed by atoms with E-state index in [1.165, 1.54) is 27.5 Å². The van der Waals surface area contributed by atoms with E-state index < -0.39 is 0 Å². The van der Waals surface area contributed by atoms with Crippen LogP contribution in [0.2, 0.25) is 0 Å². The maximum absolute atomic E-state index is 6.59. The zero-order valence-electron chi connectivity index (χ0n) is 31.0. The molecular formula is C54H39NO. The summed E-state index contributed by atoms with van der Waals surface area (Å²) < 4.78 is 6.59. The zero-order valence-corrected chi connectivity index (χ0v) is 31.0. The number of hydrogen-bond acceptors (Lipinski definition) is 2. The first kappa shape index (κ1) is 33.4. The minimum absolute atomic E-state index is 0.306. The molecule has 1 unspecified atom stereocenters. The molecule has 0 N–H and O–H groups in total. The highest BCUT2D eigenvalue weighted by Gasteiger charge is 2.28. The molecule has 2 aliphatic rings. The molecular weight excluding hydrogens is 679 g/mol. The number of rotatable bonds is 8. The van der Waals surface area contributed by atoms with E-state index in [9.17, 15) is 0 Å². The van der Waals surface area contributed by atoms with Crippen LogP contribution in [0, 0.1) is 0 Å². The number of furan rings is 1. The van der Waals surface area contributed by atoms with Crippen LogP contribution in [0.15, 0.2) is 222 Å². The molecule has 1 aromatic heterocycles. The number of nitrogens with zero attached hydrogens (tertiary/aromatic N) is 1. The molecule has 0 bridgehead atoms. The molecule has 8 aromatic rings. The van der Waals surface area contributed by atoms with Crippen LogP contribution in [-0.2, 0) is 0 Å². The van der Waals surface area contributed by atoms with Crippen molar-refractivity contribution in [1.29, 1.82) is 0 Å². The molecule has 266 valence electrons. The van der Waals surface area contributed by atoms with Crippen molar-refractivity contribution >= 4 is 56.1 Å². The minimum atomic E-state index is 0.306. The standard InChI is InChI=1S/C54H39NO/c1-2-50(46(38-18-7-4-8-19-38)32-28-37-16-5-3-6-17-37)55(43-31-33-45-42(34-43)30-29-39-20-11-12-23-44(39)45)51-26-14-13-24-47(51)48-25-15-27-52-54(48)49-35-40-21-9-10-22-41(40)36-53(49)56-52/h2-32,34-36,45H,1,33H2/b32-28+,50-46-. The maximum Gasteiger partial charge on any atom is 0.136 e. The Kier molecular flexibility index (Phi) is 8.50. The van der Waals surface area contributed by atoms with Crippen molar-refractivity contribution in [3.63, 3.8) is 0 Å². The molecule has 0 radical (unpaired) electrons. The van der Waals surface area contributed by atoms with Crippen LogP contribution in [0.5, 0.6) is 0 Å². The fourth-order valence-corrected chi connectivity index (χ4v) is 8.55. The van der Waals surface area contributed by atoms with Crippen molar-refractivity contribution in [2.45, 2.75) is 12.3 Å². The fourth-order valence-electron chi connectivity index (χ4n) is 8.55. The molecule has 0 spiro atoms. The van der Waals surface area contributed by atoms with Gasteiger partial charge in [0.05, 0.1) is 11.4 Å². The molecule has 1 heterocycles. The molecule has 7 aromatic carbocycles. The lowest BCUT2D eigenvalue weighted by Gasteiger charge is -2.35. The van der Waals surface area contributed by atoms with E-state index in [1.54, 1.807) is 0 Å². The third-order valence-electron chi connectivity index (χ3n) is 11.2. The Labute approximate surface area is 327 Å². The topological polar surface area (TPSA) is 16.4 Å². The van der Waals surface area contributed by atoms with Crippen LogP contribution in [-0.4, -0.2) is 0 Å². The first-order valence-electron chi connectivity index (χ1n) is 19.3. The van der Waals surface area contributed by atoms with E-state index in [2.05, 4.69) is 212 Å². The van der Waals surface area contributed by atoms with Gasteiger partial charge in [-0.3, -0.25) is 0 Å². The van der Waals surface area contributed by atoms with Crippen molar-refractivity contribution in [2.75, 3.05) is 4.90 Å². The van der Waals surface area contributed by atoms with Gasteiger partial charge < -0.3 is 9.32 Å². The van der Waals surface area contributed by atoms with Gasteiger partial charge in [-0.05, 0) is 87.0 Å².